The highest BCUT2D eigenvalue weighted by atomic mass is 35.5. The van der Waals surface area contributed by atoms with Gasteiger partial charge in [0.2, 0.25) is 0 Å². The molecule has 2 N–H and O–H groups in total. The van der Waals surface area contributed by atoms with E-state index in [-0.39, 0.29) is 24.9 Å². The van der Waals surface area contributed by atoms with Crippen molar-refractivity contribution < 1.29 is 9.53 Å². The smallest absolute Gasteiger partial charge is 0.257 e. The fraction of sp³-hybridized carbons (Fsp3) is 0.350. The van der Waals surface area contributed by atoms with Crippen molar-refractivity contribution >= 4 is 18.3 Å². The number of nitrogens with one attached hydrogen (secondary N) is 2. The van der Waals surface area contributed by atoms with Crippen LogP contribution in [-0.4, -0.2) is 56.7 Å². The summed E-state index contributed by atoms with van der Waals surface area (Å²) in [6, 6.07) is 17.9. The number of carbonyl (C=O) groups excluding carboxylic acids is 1. The molecule has 0 unspecified atom stereocenters. The molecule has 1 aliphatic heterocycles. The Morgan fingerprint density at radius 2 is 1.73 bits per heavy atom. The maximum Gasteiger partial charge on any atom is 0.257 e. The Kier molecular flexibility index (Phi) is 8.41. The quantitative estimate of drug-likeness (QED) is 0.778. The molecule has 0 atom stereocenters. The molecule has 1 heterocycles. The Morgan fingerprint density at radius 3 is 2.50 bits per heavy atom. The van der Waals surface area contributed by atoms with Crippen LogP contribution in [0.2, 0.25) is 0 Å². The molecule has 0 saturated carbocycles. The molecule has 26 heavy (non-hydrogen) atoms. The first-order valence-corrected chi connectivity index (χ1v) is 8.80. The van der Waals surface area contributed by atoms with Crippen LogP contribution in [0, 0.1) is 0 Å². The van der Waals surface area contributed by atoms with Crippen molar-refractivity contribution in [3.05, 3.63) is 54.6 Å². The van der Waals surface area contributed by atoms with Crippen LogP contribution in [0.3, 0.4) is 0 Å². The Balaban J connectivity index is 0.00000243. The highest BCUT2D eigenvalue weighted by Gasteiger charge is 2.10. The first kappa shape index (κ1) is 20.2. The van der Waals surface area contributed by atoms with Gasteiger partial charge in [-0.25, -0.2) is 0 Å². The van der Waals surface area contributed by atoms with Gasteiger partial charge in [-0.3, -0.25) is 9.69 Å². The first-order chi connectivity index (χ1) is 12.3. The zero-order valence-electron chi connectivity index (χ0n) is 14.8. The minimum atomic E-state index is -0.0852. The number of halogens is 1. The summed E-state index contributed by atoms with van der Waals surface area (Å²) in [7, 11) is 0. The number of nitrogens with zero attached hydrogens (tertiary/aromatic N) is 1. The summed E-state index contributed by atoms with van der Waals surface area (Å²) in [5.41, 5.74) is 2.08. The van der Waals surface area contributed by atoms with Gasteiger partial charge in [0, 0.05) is 44.8 Å². The number of para-hydroxylation sites is 1. The largest absolute Gasteiger partial charge is 0.483 e. The molecule has 0 spiro atoms. The Hall–Kier alpha value is -2.08. The molecule has 1 fully saturated rings. The van der Waals surface area contributed by atoms with Gasteiger partial charge in [0.05, 0.1) is 0 Å². The maximum atomic E-state index is 12.0. The average molecular weight is 376 g/mol. The molecule has 0 radical (unpaired) electrons. The van der Waals surface area contributed by atoms with E-state index >= 15 is 0 Å². The Labute approximate surface area is 161 Å². The van der Waals surface area contributed by atoms with E-state index in [1.54, 1.807) is 0 Å². The lowest BCUT2D eigenvalue weighted by atomic mass is 10.1. The predicted molar refractivity (Wildman–Crippen MR) is 107 cm³/mol. The molecular formula is C20H26ClN3O2. The molecule has 1 saturated heterocycles. The lowest BCUT2D eigenvalue weighted by molar-refractivity contribution is -0.123. The minimum absolute atomic E-state index is 0. The average Bonchev–Trinajstić information content (AvgIpc) is 2.68. The Morgan fingerprint density at radius 1 is 1.04 bits per heavy atom. The second-order valence-corrected chi connectivity index (χ2v) is 6.09. The summed E-state index contributed by atoms with van der Waals surface area (Å²) in [5.74, 6) is 0.643. The van der Waals surface area contributed by atoms with Crippen molar-refractivity contribution in [3.63, 3.8) is 0 Å². The number of rotatable bonds is 7. The molecule has 5 nitrogen and oxygen atoms in total. The third-order valence-electron chi connectivity index (χ3n) is 4.29. The van der Waals surface area contributed by atoms with Gasteiger partial charge >= 0.3 is 0 Å². The van der Waals surface area contributed by atoms with Gasteiger partial charge < -0.3 is 15.4 Å². The van der Waals surface area contributed by atoms with E-state index < -0.39 is 0 Å². The molecule has 0 aromatic heterocycles. The van der Waals surface area contributed by atoms with Crippen molar-refractivity contribution in [2.75, 3.05) is 45.9 Å². The van der Waals surface area contributed by atoms with Crippen LogP contribution >= 0.6 is 12.4 Å². The van der Waals surface area contributed by atoms with Crippen LogP contribution in [0.4, 0.5) is 0 Å². The van der Waals surface area contributed by atoms with E-state index in [4.69, 9.17) is 4.74 Å². The van der Waals surface area contributed by atoms with Crippen LogP contribution in [0.5, 0.6) is 5.75 Å². The van der Waals surface area contributed by atoms with Gasteiger partial charge in [-0.15, -0.1) is 12.4 Å². The summed E-state index contributed by atoms with van der Waals surface area (Å²) in [5, 5.41) is 6.26. The SMILES string of the molecule is Cl.O=C(COc1ccccc1-c1ccccc1)NCCN1CCNCC1. The summed E-state index contributed by atoms with van der Waals surface area (Å²) in [4.78, 5) is 14.4. The van der Waals surface area contributed by atoms with Crippen LogP contribution < -0.4 is 15.4 Å². The van der Waals surface area contributed by atoms with Crippen molar-refractivity contribution in [1.82, 2.24) is 15.5 Å². The highest BCUT2D eigenvalue weighted by molar-refractivity contribution is 5.85. The molecule has 0 bridgehead atoms. The van der Waals surface area contributed by atoms with E-state index in [1.807, 2.05) is 54.6 Å². The summed E-state index contributed by atoms with van der Waals surface area (Å²) in [6.45, 7) is 5.69. The third-order valence-corrected chi connectivity index (χ3v) is 4.29. The van der Waals surface area contributed by atoms with E-state index in [1.165, 1.54) is 0 Å². The second kappa shape index (κ2) is 10.8. The van der Waals surface area contributed by atoms with Crippen molar-refractivity contribution in [2.24, 2.45) is 0 Å². The van der Waals surface area contributed by atoms with Gasteiger partial charge in [0.15, 0.2) is 6.61 Å². The van der Waals surface area contributed by atoms with Gasteiger partial charge in [-0.05, 0) is 11.6 Å². The standard InChI is InChI=1S/C20H25N3O2.ClH/c24-20(22-12-15-23-13-10-21-11-14-23)16-25-19-9-5-4-8-18(19)17-6-2-1-3-7-17;/h1-9,21H,10-16H2,(H,22,24);1H. The molecular weight excluding hydrogens is 350 g/mol. The lowest BCUT2D eigenvalue weighted by Gasteiger charge is -2.27. The number of amides is 1. The Bertz CT molecular complexity index is 676. The maximum absolute atomic E-state index is 12.0. The minimum Gasteiger partial charge on any atom is -0.483 e. The topological polar surface area (TPSA) is 53.6 Å². The number of ether oxygens (including phenoxy) is 1. The van der Waals surface area contributed by atoms with E-state index in [0.717, 1.165) is 49.6 Å². The highest BCUT2D eigenvalue weighted by Crippen LogP contribution is 2.29. The zero-order chi connectivity index (χ0) is 17.3. The fourth-order valence-electron chi connectivity index (χ4n) is 2.93. The first-order valence-electron chi connectivity index (χ1n) is 8.80. The van der Waals surface area contributed by atoms with Crippen LogP contribution in [0.15, 0.2) is 54.6 Å². The number of hydrogen-bond donors (Lipinski definition) is 2. The number of piperazine rings is 1. The second-order valence-electron chi connectivity index (χ2n) is 6.09. The van der Waals surface area contributed by atoms with Gasteiger partial charge in [0.25, 0.3) is 5.91 Å². The fourth-order valence-corrected chi connectivity index (χ4v) is 2.93. The summed E-state index contributed by atoms with van der Waals surface area (Å²) in [6.07, 6.45) is 0. The van der Waals surface area contributed by atoms with Crippen molar-refractivity contribution in [3.8, 4) is 16.9 Å². The molecule has 6 heteroatoms. The molecule has 1 aliphatic rings. The molecule has 2 aromatic carbocycles. The van der Waals surface area contributed by atoms with Gasteiger partial charge in [0.1, 0.15) is 5.75 Å². The lowest BCUT2D eigenvalue weighted by Crippen LogP contribution is -2.46. The molecule has 1 amide bonds. The predicted octanol–water partition coefficient (Wildman–Crippen LogP) is 2.18. The summed E-state index contributed by atoms with van der Waals surface area (Å²) >= 11 is 0. The number of hydrogen-bond acceptors (Lipinski definition) is 4. The monoisotopic (exact) mass is 375 g/mol. The van der Waals surface area contributed by atoms with Crippen LogP contribution in [-0.2, 0) is 4.79 Å². The molecule has 3 rings (SSSR count). The zero-order valence-corrected chi connectivity index (χ0v) is 15.6. The van der Waals surface area contributed by atoms with E-state index in [0.29, 0.717) is 6.54 Å². The number of carbonyl (C=O) groups is 1. The third kappa shape index (κ3) is 6.02. The molecule has 140 valence electrons. The van der Waals surface area contributed by atoms with Crippen molar-refractivity contribution in [2.45, 2.75) is 0 Å². The van der Waals surface area contributed by atoms with E-state index in [9.17, 15) is 4.79 Å². The normalized spacial score (nSPS) is 14.3. The van der Waals surface area contributed by atoms with Crippen LogP contribution in [0.1, 0.15) is 0 Å². The van der Waals surface area contributed by atoms with E-state index in [2.05, 4.69) is 15.5 Å². The summed E-state index contributed by atoms with van der Waals surface area (Å²) < 4.78 is 5.76. The van der Waals surface area contributed by atoms with Gasteiger partial charge in [-0.1, -0.05) is 48.5 Å². The van der Waals surface area contributed by atoms with Gasteiger partial charge in [-0.2, -0.15) is 0 Å². The van der Waals surface area contributed by atoms with Crippen molar-refractivity contribution in [1.29, 1.82) is 0 Å². The van der Waals surface area contributed by atoms with Crippen LogP contribution in [0.25, 0.3) is 11.1 Å². The number of benzene rings is 2. The molecule has 0 aliphatic carbocycles. The molecule has 2 aromatic rings.